The molecule has 0 saturated carbocycles. The summed E-state index contributed by atoms with van der Waals surface area (Å²) >= 11 is 12.4. The number of benzene rings is 2. The van der Waals surface area contributed by atoms with E-state index >= 15 is 0 Å². The number of aliphatic hydroxyl groups excluding tert-OH is 1. The van der Waals surface area contributed by atoms with Crippen LogP contribution in [0.5, 0.6) is 0 Å². The fourth-order valence-corrected chi connectivity index (χ4v) is 6.31. The summed E-state index contributed by atoms with van der Waals surface area (Å²) in [6, 6.07) is 6.00. The molecule has 2 heterocycles. The van der Waals surface area contributed by atoms with Crippen molar-refractivity contribution in [3.05, 3.63) is 68.7 Å². The first-order chi connectivity index (χ1) is 21.0. The van der Waals surface area contributed by atoms with Crippen molar-refractivity contribution in [2.75, 3.05) is 39.8 Å². The van der Waals surface area contributed by atoms with Crippen LogP contribution in [-0.2, 0) is 33.3 Å². The normalized spacial score (nSPS) is 19.9. The molecule has 0 radical (unpaired) electrons. The van der Waals surface area contributed by atoms with Crippen LogP contribution in [0.3, 0.4) is 0 Å². The van der Waals surface area contributed by atoms with Crippen molar-refractivity contribution < 1.29 is 45.8 Å². The Morgan fingerprint density at radius 1 is 0.867 bits per heavy atom. The van der Waals surface area contributed by atoms with Gasteiger partial charge in [-0.2, -0.15) is 26.3 Å². The highest BCUT2D eigenvalue weighted by Gasteiger charge is 2.41. The fourth-order valence-electron chi connectivity index (χ4n) is 6.01. The Kier molecular flexibility index (Phi) is 10.7. The van der Waals surface area contributed by atoms with Gasteiger partial charge in [-0.1, -0.05) is 29.3 Å². The van der Waals surface area contributed by atoms with Crippen molar-refractivity contribution in [2.24, 2.45) is 11.8 Å². The van der Waals surface area contributed by atoms with Crippen LogP contribution in [0.4, 0.5) is 26.3 Å². The molecule has 2 fully saturated rings. The molecule has 0 aromatic heterocycles. The molecule has 2 aromatic carbocycles. The standard InChI is InChI=1S/C30H31Cl2F6N3O4/c1-39(14-17-10-20(29(33,34)35)13-21(11-17)30(36,37)38)28(45)22-6-9-41(15-23(22)19-2-3-24(31)25(32)12-19)27(44)18-4-7-40(8-5-18)26(43)16-42/h2-3,10-13,18,22-23,42H,4-9,14-16H2,1H3. The van der Waals surface area contributed by atoms with Crippen molar-refractivity contribution in [3.8, 4) is 0 Å². The molecule has 3 amide bonds. The lowest BCUT2D eigenvalue weighted by Crippen LogP contribution is -2.51. The van der Waals surface area contributed by atoms with Crippen LogP contribution in [-0.4, -0.2) is 77.4 Å². The van der Waals surface area contributed by atoms with Gasteiger partial charge in [0.1, 0.15) is 6.61 Å². The zero-order valence-corrected chi connectivity index (χ0v) is 25.6. The topological polar surface area (TPSA) is 81.2 Å². The number of piperidine rings is 2. The molecule has 2 atom stereocenters. The molecule has 246 valence electrons. The second-order valence-corrected chi connectivity index (χ2v) is 12.2. The van der Waals surface area contributed by atoms with Gasteiger partial charge in [0, 0.05) is 57.5 Å². The zero-order chi connectivity index (χ0) is 33.3. The van der Waals surface area contributed by atoms with Crippen LogP contribution >= 0.6 is 23.2 Å². The molecule has 0 bridgehead atoms. The van der Waals surface area contributed by atoms with Crippen LogP contribution in [0.25, 0.3) is 0 Å². The van der Waals surface area contributed by atoms with E-state index in [-0.39, 0.29) is 53.0 Å². The third-order valence-electron chi connectivity index (χ3n) is 8.39. The third-order valence-corrected chi connectivity index (χ3v) is 9.13. The number of amides is 3. The second kappa shape index (κ2) is 13.8. The van der Waals surface area contributed by atoms with E-state index in [9.17, 15) is 40.7 Å². The van der Waals surface area contributed by atoms with Crippen LogP contribution in [0.15, 0.2) is 36.4 Å². The number of alkyl halides is 6. The van der Waals surface area contributed by atoms with Crippen molar-refractivity contribution in [1.29, 1.82) is 0 Å². The minimum atomic E-state index is -5.03. The summed E-state index contributed by atoms with van der Waals surface area (Å²) in [5.74, 6) is -2.83. The average Bonchev–Trinajstić information content (AvgIpc) is 3.00. The summed E-state index contributed by atoms with van der Waals surface area (Å²) in [7, 11) is 1.31. The van der Waals surface area contributed by atoms with Crippen molar-refractivity contribution in [1.82, 2.24) is 14.7 Å². The molecule has 4 rings (SSSR count). The Hall–Kier alpha value is -3.03. The predicted octanol–water partition coefficient (Wildman–Crippen LogP) is 5.85. The lowest BCUT2D eigenvalue weighted by Gasteiger charge is -2.42. The monoisotopic (exact) mass is 681 g/mol. The SMILES string of the molecule is CN(Cc1cc(C(F)(F)F)cc(C(F)(F)F)c1)C(=O)C1CCN(C(=O)C2CCN(C(=O)CO)CC2)CC1c1ccc(Cl)c(Cl)c1. The van der Waals surface area contributed by atoms with Gasteiger partial charge < -0.3 is 19.8 Å². The molecule has 15 heteroatoms. The molecule has 2 aliphatic rings. The summed E-state index contributed by atoms with van der Waals surface area (Å²) in [5, 5.41) is 9.59. The van der Waals surface area contributed by atoms with E-state index in [2.05, 4.69) is 0 Å². The largest absolute Gasteiger partial charge is 0.416 e. The van der Waals surface area contributed by atoms with Gasteiger partial charge in [0.25, 0.3) is 0 Å². The van der Waals surface area contributed by atoms with Gasteiger partial charge in [0.2, 0.25) is 17.7 Å². The van der Waals surface area contributed by atoms with E-state index in [1.165, 1.54) is 11.9 Å². The molecule has 7 nitrogen and oxygen atoms in total. The van der Waals surface area contributed by atoms with E-state index in [0.717, 1.165) is 4.90 Å². The van der Waals surface area contributed by atoms with Crippen molar-refractivity contribution in [3.63, 3.8) is 0 Å². The van der Waals surface area contributed by atoms with Crippen LogP contribution < -0.4 is 0 Å². The minimum absolute atomic E-state index is 0.0344. The van der Waals surface area contributed by atoms with E-state index in [1.54, 1.807) is 23.1 Å². The van der Waals surface area contributed by atoms with Crippen LogP contribution in [0.2, 0.25) is 10.0 Å². The summed E-state index contributed by atoms with van der Waals surface area (Å²) < 4.78 is 80.4. The first-order valence-corrected chi connectivity index (χ1v) is 14.9. The number of carbonyl (C=O) groups excluding carboxylic acids is 3. The van der Waals surface area contributed by atoms with E-state index in [1.807, 2.05) is 0 Å². The highest BCUT2D eigenvalue weighted by molar-refractivity contribution is 6.42. The lowest BCUT2D eigenvalue weighted by molar-refractivity contribution is -0.145. The van der Waals surface area contributed by atoms with E-state index in [0.29, 0.717) is 43.6 Å². The predicted molar refractivity (Wildman–Crippen MR) is 153 cm³/mol. The number of aliphatic hydroxyl groups is 1. The number of halogens is 8. The third kappa shape index (κ3) is 8.23. The second-order valence-electron chi connectivity index (χ2n) is 11.4. The molecule has 2 unspecified atom stereocenters. The summed E-state index contributed by atoms with van der Waals surface area (Å²) in [5.41, 5.74) is -2.69. The molecule has 0 spiro atoms. The van der Waals surface area contributed by atoms with Gasteiger partial charge in [-0.05, 0) is 60.7 Å². The zero-order valence-electron chi connectivity index (χ0n) is 24.1. The Balaban J connectivity index is 1.56. The van der Waals surface area contributed by atoms with E-state index < -0.39 is 60.3 Å². The van der Waals surface area contributed by atoms with Gasteiger partial charge in [-0.3, -0.25) is 14.4 Å². The van der Waals surface area contributed by atoms with Gasteiger partial charge in [-0.15, -0.1) is 0 Å². The maximum Gasteiger partial charge on any atom is 0.416 e. The Labute approximate surface area is 265 Å². The molecule has 0 aliphatic carbocycles. The van der Waals surface area contributed by atoms with Gasteiger partial charge >= 0.3 is 12.4 Å². The molecule has 2 aromatic rings. The Morgan fingerprint density at radius 2 is 1.44 bits per heavy atom. The fraction of sp³-hybridized carbons (Fsp3) is 0.500. The smallest absolute Gasteiger partial charge is 0.387 e. The maximum atomic E-state index is 13.8. The summed E-state index contributed by atoms with van der Waals surface area (Å²) in [6.07, 6.45) is -9.07. The van der Waals surface area contributed by atoms with Crippen LogP contribution in [0, 0.1) is 11.8 Å². The summed E-state index contributed by atoms with van der Waals surface area (Å²) in [4.78, 5) is 43.3. The first kappa shape index (κ1) is 34.8. The minimum Gasteiger partial charge on any atom is -0.387 e. The molecule has 1 N–H and O–H groups in total. The number of hydrogen-bond donors (Lipinski definition) is 1. The number of likely N-dealkylation sites (tertiary alicyclic amines) is 2. The quantitative estimate of drug-likeness (QED) is 0.388. The van der Waals surface area contributed by atoms with Crippen LogP contribution in [0.1, 0.15) is 47.4 Å². The number of carbonyl (C=O) groups is 3. The molecular formula is C30H31Cl2F6N3O4. The lowest BCUT2D eigenvalue weighted by atomic mass is 9.79. The van der Waals surface area contributed by atoms with Gasteiger partial charge in [-0.25, -0.2) is 0 Å². The van der Waals surface area contributed by atoms with Gasteiger partial charge in [0.15, 0.2) is 0 Å². The van der Waals surface area contributed by atoms with Crippen molar-refractivity contribution >= 4 is 40.9 Å². The molecule has 2 saturated heterocycles. The molecule has 45 heavy (non-hydrogen) atoms. The Morgan fingerprint density at radius 3 is 1.98 bits per heavy atom. The van der Waals surface area contributed by atoms with E-state index in [4.69, 9.17) is 28.3 Å². The number of nitrogens with zero attached hydrogens (tertiary/aromatic N) is 3. The number of rotatable bonds is 6. The van der Waals surface area contributed by atoms with Crippen molar-refractivity contribution in [2.45, 2.75) is 44.1 Å². The molecular weight excluding hydrogens is 651 g/mol. The molecule has 2 aliphatic heterocycles. The maximum absolute atomic E-state index is 13.8. The average molecular weight is 682 g/mol. The Bertz CT molecular complexity index is 1400. The first-order valence-electron chi connectivity index (χ1n) is 14.1. The highest BCUT2D eigenvalue weighted by Crippen LogP contribution is 2.39. The van der Waals surface area contributed by atoms with Gasteiger partial charge in [0.05, 0.1) is 21.2 Å². The number of hydrogen-bond acceptors (Lipinski definition) is 4. The summed E-state index contributed by atoms with van der Waals surface area (Å²) in [6.45, 7) is -0.187. The highest BCUT2D eigenvalue weighted by atomic mass is 35.5.